The zero-order valence-corrected chi connectivity index (χ0v) is 16.9. The number of amides is 1. The van der Waals surface area contributed by atoms with Crippen LogP contribution in [0.5, 0.6) is 0 Å². The minimum Gasteiger partial charge on any atom is -0.313 e. The molecule has 0 atom stereocenters. The molecule has 32 heavy (non-hydrogen) atoms. The van der Waals surface area contributed by atoms with E-state index < -0.39 is 10.8 Å². The maximum absolute atomic E-state index is 13.1. The predicted octanol–water partition coefficient (Wildman–Crippen LogP) is 3.55. The van der Waals surface area contributed by atoms with Crippen molar-refractivity contribution < 1.29 is 14.5 Å². The van der Waals surface area contributed by atoms with Gasteiger partial charge in [0.05, 0.1) is 22.3 Å². The number of rotatable bonds is 6. The topological polar surface area (TPSA) is 119 Å². The number of hydrazone groups is 1. The molecule has 4 aromatic rings. The molecular formula is C23H17N5O4. The van der Waals surface area contributed by atoms with E-state index in [1.54, 1.807) is 35.1 Å². The van der Waals surface area contributed by atoms with Crippen LogP contribution in [0.2, 0.25) is 0 Å². The molecule has 0 unspecified atom stereocenters. The predicted molar refractivity (Wildman–Crippen MR) is 118 cm³/mol. The van der Waals surface area contributed by atoms with Crippen molar-refractivity contribution in [2.24, 2.45) is 5.10 Å². The van der Waals surface area contributed by atoms with E-state index in [4.69, 9.17) is 0 Å². The summed E-state index contributed by atoms with van der Waals surface area (Å²) in [5.41, 5.74) is 5.72. The fraction of sp³-hybridized carbons (Fsp3) is 0.0435. The molecule has 0 aliphatic carbocycles. The van der Waals surface area contributed by atoms with E-state index in [9.17, 15) is 19.7 Å². The Morgan fingerprint density at radius 3 is 2.47 bits per heavy atom. The van der Waals surface area contributed by atoms with Crippen LogP contribution in [0.15, 0.2) is 78.3 Å². The highest BCUT2D eigenvalue weighted by Gasteiger charge is 2.20. The molecule has 4 rings (SSSR count). The number of non-ortho nitro benzene ring substituents is 1. The fourth-order valence-electron chi connectivity index (χ4n) is 3.40. The van der Waals surface area contributed by atoms with Gasteiger partial charge in [-0.25, -0.2) is 5.43 Å². The Morgan fingerprint density at radius 1 is 1.06 bits per heavy atom. The van der Waals surface area contributed by atoms with Crippen LogP contribution in [0.3, 0.4) is 0 Å². The van der Waals surface area contributed by atoms with Crippen molar-refractivity contribution in [3.05, 3.63) is 111 Å². The number of nitro groups is 1. The Hall–Kier alpha value is -4.66. The molecule has 1 N–H and O–H groups in total. The molecule has 0 saturated carbocycles. The summed E-state index contributed by atoms with van der Waals surface area (Å²) in [6.07, 6.45) is 6.41. The number of nitrogens with one attached hydrogen (secondary N) is 1. The van der Waals surface area contributed by atoms with Crippen molar-refractivity contribution in [1.29, 1.82) is 0 Å². The summed E-state index contributed by atoms with van der Waals surface area (Å²) in [5, 5.41) is 14.8. The van der Waals surface area contributed by atoms with Gasteiger partial charge in [0.1, 0.15) is 0 Å². The molecule has 1 amide bonds. The number of aromatic nitrogens is 2. The number of ketones is 1. The third-order valence-corrected chi connectivity index (χ3v) is 4.99. The third-order valence-electron chi connectivity index (χ3n) is 4.99. The van der Waals surface area contributed by atoms with Crippen LogP contribution in [0.4, 0.5) is 5.69 Å². The summed E-state index contributed by atoms with van der Waals surface area (Å²) in [7, 11) is 0. The minimum atomic E-state index is -0.536. The number of nitrogens with zero attached hydrogens (tertiary/aromatic N) is 4. The fourth-order valence-corrected chi connectivity index (χ4v) is 3.40. The number of nitro benzene ring substituents is 1. The van der Waals surface area contributed by atoms with Crippen LogP contribution in [-0.4, -0.2) is 32.2 Å². The van der Waals surface area contributed by atoms with Crippen LogP contribution in [0.25, 0.3) is 5.52 Å². The smallest absolute Gasteiger partial charge is 0.271 e. The van der Waals surface area contributed by atoms with Gasteiger partial charge in [-0.15, -0.1) is 0 Å². The first-order valence-corrected chi connectivity index (χ1v) is 9.59. The van der Waals surface area contributed by atoms with Gasteiger partial charge < -0.3 is 4.40 Å². The van der Waals surface area contributed by atoms with Crippen LogP contribution < -0.4 is 5.43 Å². The summed E-state index contributed by atoms with van der Waals surface area (Å²) in [4.78, 5) is 39.6. The zero-order valence-electron chi connectivity index (χ0n) is 16.9. The number of pyridine rings is 2. The minimum absolute atomic E-state index is 0.104. The summed E-state index contributed by atoms with van der Waals surface area (Å²) in [6, 6.07) is 14.1. The number of carbonyl (C=O) groups excluding carboxylic acids is 2. The molecule has 1 aromatic carbocycles. The van der Waals surface area contributed by atoms with E-state index in [1.807, 2.05) is 25.1 Å². The number of hydrogen-bond donors (Lipinski definition) is 1. The van der Waals surface area contributed by atoms with Crippen LogP contribution in [0.1, 0.15) is 37.5 Å². The lowest BCUT2D eigenvalue weighted by Gasteiger charge is -2.03. The molecule has 3 aromatic heterocycles. The molecule has 0 spiro atoms. The van der Waals surface area contributed by atoms with Crippen molar-refractivity contribution in [1.82, 2.24) is 14.8 Å². The second-order valence-corrected chi connectivity index (χ2v) is 6.91. The van der Waals surface area contributed by atoms with Gasteiger partial charge in [-0.3, -0.25) is 24.7 Å². The number of fused-ring (bicyclic) bond motifs is 1. The van der Waals surface area contributed by atoms with Gasteiger partial charge in [0, 0.05) is 47.4 Å². The second-order valence-electron chi connectivity index (χ2n) is 6.91. The van der Waals surface area contributed by atoms with Crippen LogP contribution >= 0.6 is 0 Å². The SMILES string of the molecule is Cc1c(C=NNC(=O)c2ccc([N+](=O)[O-])cc2)c2ccccn2c1C(=O)c1ccncc1. The lowest BCUT2D eigenvalue weighted by molar-refractivity contribution is -0.384. The van der Waals surface area contributed by atoms with Gasteiger partial charge in [-0.1, -0.05) is 6.07 Å². The van der Waals surface area contributed by atoms with Crippen molar-refractivity contribution in [2.75, 3.05) is 0 Å². The van der Waals surface area contributed by atoms with E-state index in [0.717, 1.165) is 5.52 Å². The molecule has 158 valence electrons. The molecule has 0 fully saturated rings. The lowest BCUT2D eigenvalue weighted by Crippen LogP contribution is -2.17. The highest BCUT2D eigenvalue weighted by molar-refractivity contribution is 6.12. The Balaban J connectivity index is 1.63. The summed E-state index contributed by atoms with van der Waals surface area (Å²) >= 11 is 0. The molecule has 3 heterocycles. The Morgan fingerprint density at radius 2 is 1.78 bits per heavy atom. The normalized spacial score (nSPS) is 11.0. The van der Waals surface area contributed by atoms with Crippen molar-refractivity contribution >= 4 is 29.1 Å². The second kappa shape index (κ2) is 8.60. The summed E-state index contributed by atoms with van der Waals surface area (Å²) < 4.78 is 1.79. The highest BCUT2D eigenvalue weighted by Crippen LogP contribution is 2.24. The monoisotopic (exact) mass is 427 g/mol. The van der Waals surface area contributed by atoms with Gasteiger partial charge in [0.15, 0.2) is 0 Å². The van der Waals surface area contributed by atoms with Crippen molar-refractivity contribution in [2.45, 2.75) is 6.92 Å². The van der Waals surface area contributed by atoms with Crippen molar-refractivity contribution in [3.63, 3.8) is 0 Å². The van der Waals surface area contributed by atoms with E-state index >= 15 is 0 Å². The highest BCUT2D eigenvalue weighted by atomic mass is 16.6. The largest absolute Gasteiger partial charge is 0.313 e. The first-order valence-electron chi connectivity index (χ1n) is 9.59. The van der Waals surface area contributed by atoms with E-state index in [1.165, 1.54) is 30.5 Å². The standard InChI is InChI=1S/C23H17N5O4/c1-15-19(14-25-26-23(30)17-5-7-18(8-6-17)28(31)32)20-4-2-3-13-27(20)21(15)22(29)16-9-11-24-12-10-16/h2-14H,1H3,(H,26,30). The van der Waals surface area contributed by atoms with Gasteiger partial charge >= 0.3 is 0 Å². The van der Waals surface area contributed by atoms with Gasteiger partial charge in [-0.05, 0) is 48.9 Å². The molecule has 0 aliphatic heterocycles. The molecule has 0 radical (unpaired) electrons. The average molecular weight is 427 g/mol. The Kier molecular flexibility index (Phi) is 5.54. The molecular weight excluding hydrogens is 410 g/mol. The lowest BCUT2D eigenvalue weighted by atomic mass is 10.1. The van der Waals surface area contributed by atoms with Gasteiger partial charge in [0.25, 0.3) is 11.6 Å². The zero-order chi connectivity index (χ0) is 22.7. The van der Waals surface area contributed by atoms with E-state index in [0.29, 0.717) is 22.4 Å². The number of benzene rings is 1. The van der Waals surface area contributed by atoms with Crippen LogP contribution in [-0.2, 0) is 0 Å². The first-order chi connectivity index (χ1) is 15.5. The number of carbonyl (C=O) groups is 2. The first kappa shape index (κ1) is 20.6. The van der Waals surface area contributed by atoms with E-state index in [-0.39, 0.29) is 17.0 Å². The average Bonchev–Trinajstić information content (AvgIpc) is 3.10. The molecule has 9 nitrogen and oxygen atoms in total. The van der Waals surface area contributed by atoms with Crippen LogP contribution in [0, 0.1) is 17.0 Å². The molecule has 0 saturated heterocycles. The number of hydrogen-bond acceptors (Lipinski definition) is 6. The summed E-state index contributed by atoms with van der Waals surface area (Å²) in [6.45, 7) is 1.82. The van der Waals surface area contributed by atoms with E-state index in [2.05, 4.69) is 15.5 Å². The third kappa shape index (κ3) is 3.86. The van der Waals surface area contributed by atoms with Crippen molar-refractivity contribution in [3.8, 4) is 0 Å². The molecule has 0 bridgehead atoms. The maximum Gasteiger partial charge on any atom is 0.271 e. The quantitative estimate of drug-likeness (QED) is 0.218. The Bertz CT molecular complexity index is 1360. The summed E-state index contributed by atoms with van der Waals surface area (Å²) in [5.74, 6) is -0.661. The molecule has 9 heteroatoms. The van der Waals surface area contributed by atoms with Gasteiger partial charge in [0.2, 0.25) is 5.78 Å². The van der Waals surface area contributed by atoms with Gasteiger partial charge in [-0.2, -0.15) is 5.10 Å². The maximum atomic E-state index is 13.1. The Labute approximate surface area is 182 Å². The molecule has 0 aliphatic rings.